The summed E-state index contributed by atoms with van der Waals surface area (Å²) in [5, 5.41) is 0. The molecule has 0 heterocycles. The van der Waals surface area contributed by atoms with Crippen molar-refractivity contribution >= 4 is 21.1 Å². The zero-order valence-electron chi connectivity index (χ0n) is 7.96. The van der Waals surface area contributed by atoms with Gasteiger partial charge >= 0.3 is 84.9 Å². The van der Waals surface area contributed by atoms with Crippen molar-refractivity contribution < 1.29 is 14.3 Å². The van der Waals surface area contributed by atoms with E-state index in [0.29, 0.717) is 17.1 Å². The minimum atomic E-state index is 0.106. The first-order chi connectivity index (χ1) is 6.20. The van der Waals surface area contributed by atoms with Crippen molar-refractivity contribution in [3.05, 3.63) is 23.8 Å². The molecule has 0 aliphatic rings. The van der Waals surface area contributed by atoms with E-state index in [1.165, 1.54) is 0 Å². The standard InChI is InChI=1S/C9H12GeO3/c1-12-6-4-3-5-7(13-2)8(6)9(10)11/h3-5H,1-2,10H3. The van der Waals surface area contributed by atoms with Crippen LogP contribution in [0.5, 0.6) is 11.5 Å². The van der Waals surface area contributed by atoms with Crippen LogP contribution in [0, 0.1) is 0 Å². The van der Waals surface area contributed by atoms with E-state index < -0.39 is 0 Å². The molecule has 0 spiro atoms. The summed E-state index contributed by atoms with van der Waals surface area (Å²) >= 11 is 0.106. The second kappa shape index (κ2) is 4.32. The number of ether oxygens (including phenoxy) is 2. The van der Waals surface area contributed by atoms with Crippen LogP contribution in [0.25, 0.3) is 0 Å². The first-order valence-electron chi connectivity index (χ1n) is 3.92. The number of hydrogen-bond donors (Lipinski definition) is 0. The van der Waals surface area contributed by atoms with E-state index in [4.69, 9.17) is 9.47 Å². The molecule has 0 saturated carbocycles. The van der Waals surface area contributed by atoms with E-state index in [0.717, 1.165) is 0 Å². The predicted octanol–water partition coefficient (Wildman–Crippen LogP) is 0.209. The van der Waals surface area contributed by atoms with E-state index in [9.17, 15) is 4.79 Å². The molecule has 0 atom stereocenters. The van der Waals surface area contributed by atoms with Gasteiger partial charge in [0.1, 0.15) is 0 Å². The van der Waals surface area contributed by atoms with E-state index in [-0.39, 0.29) is 21.1 Å². The molecule has 3 nitrogen and oxygen atoms in total. The van der Waals surface area contributed by atoms with Gasteiger partial charge in [0.25, 0.3) is 0 Å². The molecular formula is C9H12GeO3. The van der Waals surface area contributed by atoms with E-state index in [2.05, 4.69) is 0 Å². The average Bonchev–Trinajstić information content (AvgIpc) is 2.16. The van der Waals surface area contributed by atoms with Crippen molar-refractivity contribution in [1.82, 2.24) is 0 Å². The van der Waals surface area contributed by atoms with Gasteiger partial charge in [-0.3, -0.25) is 0 Å². The topological polar surface area (TPSA) is 35.5 Å². The number of rotatable bonds is 3. The molecule has 1 aromatic carbocycles. The fraction of sp³-hybridized carbons (Fsp3) is 0.222. The molecule has 0 unspecified atom stereocenters. The third-order valence-electron chi connectivity index (χ3n) is 1.78. The monoisotopic (exact) mass is 242 g/mol. The molecule has 0 N–H and O–H groups in total. The third-order valence-corrected chi connectivity index (χ3v) is 2.83. The molecule has 0 radical (unpaired) electrons. The number of methoxy groups -OCH3 is 2. The Labute approximate surface area is 85.3 Å². The van der Waals surface area contributed by atoms with Gasteiger partial charge in [0.2, 0.25) is 0 Å². The normalized spacial score (nSPS) is 9.69. The van der Waals surface area contributed by atoms with Crippen molar-refractivity contribution in [3.8, 4) is 11.5 Å². The van der Waals surface area contributed by atoms with Gasteiger partial charge in [0.05, 0.1) is 0 Å². The SMILES string of the molecule is COc1cccc(OC)c1[C](=O)[GeH3]. The summed E-state index contributed by atoms with van der Waals surface area (Å²) in [4.78, 5) is 11.3. The van der Waals surface area contributed by atoms with Crippen LogP contribution in [-0.2, 0) is 0 Å². The molecule has 70 valence electrons. The zero-order chi connectivity index (χ0) is 9.84. The van der Waals surface area contributed by atoms with Crippen molar-refractivity contribution in [2.75, 3.05) is 14.2 Å². The molecule has 4 heteroatoms. The van der Waals surface area contributed by atoms with Crippen LogP contribution in [0.3, 0.4) is 0 Å². The maximum absolute atomic E-state index is 11.3. The van der Waals surface area contributed by atoms with Gasteiger partial charge in [-0.2, -0.15) is 0 Å². The zero-order valence-corrected chi connectivity index (χ0v) is 12.2. The van der Waals surface area contributed by atoms with E-state index in [1.807, 2.05) is 0 Å². The molecule has 0 amide bonds. The second-order valence-corrected chi connectivity index (χ2v) is 4.50. The molecule has 13 heavy (non-hydrogen) atoms. The van der Waals surface area contributed by atoms with E-state index in [1.54, 1.807) is 32.4 Å². The molecule has 1 rings (SSSR count). The Kier molecular flexibility index (Phi) is 3.36. The first kappa shape index (κ1) is 10.1. The Hall–Kier alpha value is -0.967. The van der Waals surface area contributed by atoms with E-state index >= 15 is 0 Å². The molecule has 0 aliphatic heterocycles. The first-order valence-corrected chi connectivity index (χ1v) is 6.02. The Morgan fingerprint density at radius 3 is 2.00 bits per heavy atom. The van der Waals surface area contributed by atoms with Crippen molar-refractivity contribution in [2.24, 2.45) is 0 Å². The van der Waals surface area contributed by atoms with Gasteiger partial charge in [-0.15, -0.1) is 0 Å². The van der Waals surface area contributed by atoms with Crippen LogP contribution < -0.4 is 9.47 Å². The summed E-state index contributed by atoms with van der Waals surface area (Å²) in [6, 6.07) is 5.33. The molecule has 1 aromatic rings. The number of carbonyl (C=O) groups excluding carboxylic acids is 1. The van der Waals surface area contributed by atoms with Crippen molar-refractivity contribution in [3.63, 3.8) is 0 Å². The summed E-state index contributed by atoms with van der Waals surface area (Å²) in [5.41, 5.74) is 0.576. The fourth-order valence-corrected chi connectivity index (χ4v) is 2.23. The van der Waals surface area contributed by atoms with Gasteiger partial charge in [-0.05, 0) is 0 Å². The summed E-state index contributed by atoms with van der Waals surface area (Å²) in [6.45, 7) is 0. The molecule has 0 bridgehead atoms. The molecule has 0 fully saturated rings. The molecule has 0 aliphatic carbocycles. The summed E-state index contributed by atoms with van der Waals surface area (Å²) < 4.78 is 10.3. The molecule has 0 aromatic heterocycles. The van der Waals surface area contributed by atoms with Gasteiger partial charge in [-0.25, -0.2) is 0 Å². The molecule has 0 saturated heterocycles. The summed E-state index contributed by atoms with van der Waals surface area (Å²) in [5.74, 6) is 1.19. The quantitative estimate of drug-likeness (QED) is 0.709. The third kappa shape index (κ3) is 2.03. The predicted molar refractivity (Wildman–Crippen MR) is 53.8 cm³/mol. The maximum atomic E-state index is 11.3. The summed E-state index contributed by atoms with van der Waals surface area (Å²) in [7, 11) is 3.10. The number of carbonyl (C=O) groups is 1. The van der Waals surface area contributed by atoms with Crippen LogP contribution in [0.4, 0.5) is 0 Å². The van der Waals surface area contributed by atoms with Crippen LogP contribution >= 0.6 is 0 Å². The number of hydrogen-bond acceptors (Lipinski definition) is 3. The van der Waals surface area contributed by atoms with Crippen molar-refractivity contribution in [2.45, 2.75) is 0 Å². The average molecular weight is 241 g/mol. The number of benzene rings is 1. The van der Waals surface area contributed by atoms with Crippen LogP contribution in [0.1, 0.15) is 10.4 Å². The Balaban J connectivity index is 3.29. The molecular weight excluding hydrogens is 229 g/mol. The van der Waals surface area contributed by atoms with Gasteiger partial charge < -0.3 is 0 Å². The summed E-state index contributed by atoms with van der Waals surface area (Å²) in [6.07, 6.45) is 0. The van der Waals surface area contributed by atoms with Crippen LogP contribution in [0.2, 0.25) is 0 Å². The van der Waals surface area contributed by atoms with Crippen LogP contribution in [-0.4, -0.2) is 35.3 Å². The fourth-order valence-electron chi connectivity index (χ4n) is 1.20. The van der Waals surface area contributed by atoms with Gasteiger partial charge in [0, 0.05) is 0 Å². The Bertz CT molecular complexity index is 300. The van der Waals surface area contributed by atoms with Crippen LogP contribution in [0.15, 0.2) is 18.2 Å². The Morgan fingerprint density at radius 2 is 1.69 bits per heavy atom. The minimum absolute atomic E-state index is 0.106. The van der Waals surface area contributed by atoms with Crippen molar-refractivity contribution in [1.29, 1.82) is 0 Å². The Morgan fingerprint density at radius 1 is 1.23 bits per heavy atom. The van der Waals surface area contributed by atoms with Gasteiger partial charge in [-0.1, -0.05) is 0 Å². The van der Waals surface area contributed by atoms with Gasteiger partial charge in [0.15, 0.2) is 0 Å². The second-order valence-electron chi connectivity index (χ2n) is 2.59.